The molecule has 4 nitrogen and oxygen atoms in total. The molecule has 106 valence electrons. The zero-order chi connectivity index (χ0) is 13.9. The highest BCUT2D eigenvalue weighted by Gasteiger charge is 2.22. The number of piperidine rings is 1. The van der Waals surface area contributed by atoms with Crippen molar-refractivity contribution in [3.63, 3.8) is 0 Å². The highest BCUT2D eigenvalue weighted by Crippen LogP contribution is 2.30. The van der Waals surface area contributed by atoms with E-state index >= 15 is 0 Å². The zero-order valence-corrected chi connectivity index (χ0v) is 12.3. The summed E-state index contributed by atoms with van der Waals surface area (Å²) in [6, 6.07) is 8.85. The quantitative estimate of drug-likeness (QED) is 0.927. The van der Waals surface area contributed by atoms with E-state index in [0.717, 1.165) is 35.8 Å². The molecule has 1 saturated heterocycles. The molecule has 1 fully saturated rings. The molecule has 1 N–H and O–H groups in total. The number of nitrogens with one attached hydrogen (secondary N) is 1. The molecule has 1 aromatic carbocycles. The Labute approximate surface area is 120 Å². The van der Waals surface area contributed by atoms with Gasteiger partial charge in [-0.25, -0.2) is 4.98 Å². The second-order valence-corrected chi connectivity index (χ2v) is 5.46. The molecule has 20 heavy (non-hydrogen) atoms. The van der Waals surface area contributed by atoms with Gasteiger partial charge in [0.1, 0.15) is 5.82 Å². The van der Waals surface area contributed by atoms with Crippen LogP contribution in [0.1, 0.15) is 33.1 Å². The topological polar surface area (TPSA) is 41.1 Å². The van der Waals surface area contributed by atoms with E-state index in [0.29, 0.717) is 6.04 Å². The van der Waals surface area contributed by atoms with Crippen LogP contribution < -0.4 is 10.2 Å². The summed E-state index contributed by atoms with van der Waals surface area (Å²) in [6.07, 6.45) is 3.81. The molecule has 0 bridgehead atoms. The summed E-state index contributed by atoms with van der Waals surface area (Å²) in [4.78, 5) is 11.8. The molecule has 0 amide bonds. The van der Waals surface area contributed by atoms with Crippen LogP contribution in [-0.4, -0.2) is 29.1 Å². The van der Waals surface area contributed by atoms with Gasteiger partial charge in [-0.3, -0.25) is 0 Å². The SMILES string of the molecule is CCNc1nc(N2CCCCC2C)c2ccccc2n1. The summed E-state index contributed by atoms with van der Waals surface area (Å²) in [5, 5.41) is 4.40. The van der Waals surface area contributed by atoms with E-state index in [-0.39, 0.29) is 0 Å². The van der Waals surface area contributed by atoms with Gasteiger partial charge in [-0.05, 0) is 45.2 Å². The molecule has 3 rings (SSSR count). The van der Waals surface area contributed by atoms with Gasteiger partial charge in [0, 0.05) is 24.5 Å². The molecule has 2 aromatic rings. The van der Waals surface area contributed by atoms with Crippen molar-refractivity contribution in [2.45, 2.75) is 39.2 Å². The van der Waals surface area contributed by atoms with Crippen LogP contribution in [0.3, 0.4) is 0 Å². The number of hydrogen-bond donors (Lipinski definition) is 1. The van der Waals surface area contributed by atoms with Crippen molar-refractivity contribution < 1.29 is 0 Å². The van der Waals surface area contributed by atoms with Crippen molar-refractivity contribution in [1.82, 2.24) is 9.97 Å². The Morgan fingerprint density at radius 3 is 2.90 bits per heavy atom. The van der Waals surface area contributed by atoms with E-state index in [9.17, 15) is 0 Å². The Kier molecular flexibility index (Phi) is 3.72. The van der Waals surface area contributed by atoms with Gasteiger partial charge in [0.05, 0.1) is 5.52 Å². The number of aromatic nitrogens is 2. The van der Waals surface area contributed by atoms with E-state index in [2.05, 4.69) is 47.2 Å². The first-order valence-electron chi connectivity index (χ1n) is 7.57. The van der Waals surface area contributed by atoms with Crippen LogP contribution in [0.25, 0.3) is 10.9 Å². The summed E-state index contributed by atoms with van der Waals surface area (Å²) in [5.41, 5.74) is 1.02. The average molecular weight is 270 g/mol. The lowest BCUT2D eigenvalue weighted by Crippen LogP contribution is -2.38. The summed E-state index contributed by atoms with van der Waals surface area (Å²) in [6.45, 7) is 6.30. The fraction of sp³-hybridized carbons (Fsp3) is 0.500. The van der Waals surface area contributed by atoms with Gasteiger partial charge in [0.25, 0.3) is 0 Å². The van der Waals surface area contributed by atoms with E-state index < -0.39 is 0 Å². The molecule has 1 aliphatic rings. The number of rotatable bonds is 3. The molecule has 0 saturated carbocycles. The first-order chi connectivity index (χ1) is 9.79. The Balaban J connectivity index is 2.11. The predicted octanol–water partition coefficient (Wildman–Crippen LogP) is 3.44. The number of fused-ring (bicyclic) bond motifs is 1. The molecule has 1 aromatic heterocycles. The number of para-hydroxylation sites is 1. The van der Waals surface area contributed by atoms with E-state index in [1.165, 1.54) is 19.3 Å². The van der Waals surface area contributed by atoms with E-state index in [1.54, 1.807) is 0 Å². The van der Waals surface area contributed by atoms with Crippen LogP contribution in [-0.2, 0) is 0 Å². The van der Waals surface area contributed by atoms with Gasteiger partial charge < -0.3 is 10.2 Å². The van der Waals surface area contributed by atoms with E-state index in [4.69, 9.17) is 4.98 Å². The molecule has 0 aliphatic carbocycles. The standard InChI is InChI=1S/C16H22N4/c1-3-17-16-18-14-10-5-4-9-13(14)15(19-16)20-11-7-6-8-12(20)2/h4-5,9-10,12H,3,6-8,11H2,1-2H3,(H,17,18,19). The van der Waals surface area contributed by atoms with E-state index in [1.807, 2.05) is 6.07 Å². The maximum atomic E-state index is 4.77. The lowest BCUT2D eigenvalue weighted by atomic mass is 10.0. The zero-order valence-electron chi connectivity index (χ0n) is 12.3. The fourth-order valence-corrected chi connectivity index (χ4v) is 2.93. The lowest BCUT2D eigenvalue weighted by molar-refractivity contribution is 0.482. The number of benzene rings is 1. The summed E-state index contributed by atoms with van der Waals surface area (Å²) in [7, 11) is 0. The molecule has 0 spiro atoms. The van der Waals surface area contributed by atoms with Crippen molar-refractivity contribution in [2.24, 2.45) is 0 Å². The summed E-state index contributed by atoms with van der Waals surface area (Å²) in [5.74, 6) is 1.82. The minimum atomic E-state index is 0.552. The maximum Gasteiger partial charge on any atom is 0.225 e. The van der Waals surface area contributed by atoms with Crippen LogP contribution in [0.2, 0.25) is 0 Å². The predicted molar refractivity (Wildman–Crippen MR) is 84.4 cm³/mol. The van der Waals surface area contributed by atoms with Crippen molar-refractivity contribution in [3.8, 4) is 0 Å². The van der Waals surface area contributed by atoms with Crippen LogP contribution >= 0.6 is 0 Å². The monoisotopic (exact) mass is 270 g/mol. The highest BCUT2D eigenvalue weighted by atomic mass is 15.2. The second-order valence-electron chi connectivity index (χ2n) is 5.46. The van der Waals surface area contributed by atoms with Crippen LogP contribution in [0.5, 0.6) is 0 Å². The molecule has 2 heterocycles. The van der Waals surface area contributed by atoms with Crippen molar-refractivity contribution in [1.29, 1.82) is 0 Å². The van der Waals surface area contributed by atoms with Crippen LogP contribution in [0, 0.1) is 0 Å². The largest absolute Gasteiger partial charge is 0.354 e. The fourth-order valence-electron chi connectivity index (χ4n) is 2.93. The first kappa shape index (κ1) is 13.2. The molecule has 1 atom stereocenters. The van der Waals surface area contributed by atoms with Crippen molar-refractivity contribution in [2.75, 3.05) is 23.3 Å². The van der Waals surface area contributed by atoms with Gasteiger partial charge in [0.2, 0.25) is 5.95 Å². The normalized spacial score (nSPS) is 19.3. The number of nitrogens with zero attached hydrogens (tertiary/aromatic N) is 3. The van der Waals surface area contributed by atoms with Crippen LogP contribution in [0.4, 0.5) is 11.8 Å². The lowest BCUT2D eigenvalue weighted by Gasteiger charge is -2.35. The number of anilines is 2. The van der Waals surface area contributed by atoms with Crippen molar-refractivity contribution >= 4 is 22.7 Å². The minimum Gasteiger partial charge on any atom is -0.354 e. The minimum absolute atomic E-state index is 0.552. The second kappa shape index (κ2) is 5.65. The summed E-state index contributed by atoms with van der Waals surface area (Å²) < 4.78 is 0. The van der Waals surface area contributed by atoms with Crippen molar-refractivity contribution in [3.05, 3.63) is 24.3 Å². The van der Waals surface area contributed by atoms with Gasteiger partial charge in [-0.2, -0.15) is 4.98 Å². The molecule has 4 heteroatoms. The Morgan fingerprint density at radius 2 is 2.10 bits per heavy atom. The third-order valence-corrected chi connectivity index (χ3v) is 3.99. The summed E-state index contributed by atoms with van der Waals surface area (Å²) >= 11 is 0. The van der Waals surface area contributed by atoms with Gasteiger partial charge >= 0.3 is 0 Å². The van der Waals surface area contributed by atoms with Gasteiger partial charge in [-0.1, -0.05) is 12.1 Å². The maximum absolute atomic E-state index is 4.77. The van der Waals surface area contributed by atoms with Crippen LogP contribution in [0.15, 0.2) is 24.3 Å². The molecular formula is C16H22N4. The molecular weight excluding hydrogens is 248 g/mol. The first-order valence-corrected chi connectivity index (χ1v) is 7.57. The molecule has 1 unspecified atom stereocenters. The third-order valence-electron chi connectivity index (χ3n) is 3.99. The average Bonchev–Trinajstić information content (AvgIpc) is 2.47. The molecule has 1 aliphatic heterocycles. The van der Waals surface area contributed by atoms with Gasteiger partial charge in [0.15, 0.2) is 0 Å². The smallest absolute Gasteiger partial charge is 0.225 e. The van der Waals surface area contributed by atoms with Gasteiger partial charge in [-0.15, -0.1) is 0 Å². The highest BCUT2D eigenvalue weighted by molar-refractivity contribution is 5.90. The Morgan fingerprint density at radius 1 is 1.25 bits per heavy atom. The Bertz CT molecular complexity index is 596. The Hall–Kier alpha value is -1.84. The molecule has 0 radical (unpaired) electrons. The number of hydrogen-bond acceptors (Lipinski definition) is 4. The third kappa shape index (κ3) is 2.42.